The fourth-order valence-electron chi connectivity index (χ4n) is 2.69. The molecule has 0 spiro atoms. The fraction of sp³-hybridized carbons (Fsp3) is 0.176. The van der Waals surface area contributed by atoms with Gasteiger partial charge >= 0.3 is 0 Å². The van der Waals surface area contributed by atoms with Crippen molar-refractivity contribution in [3.8, 4) is 5.75 Å². The van der Waals surface area contributed by atoms with Crippen molar-refractivity contribution in [3.63, 3.8) is 0 Å². The number of phenolic OH excluding ortho intramolecular Hbond substituents is 1. The Labute approximate surface area is 143 Å². The topological polar surface area (TPSA) is 52.9 Å². The molecule has 0 radical (unpaired) electrons. The highest BCUT2D eigenvalue weighted by Crippen LogP contribution is 2.38. The van der Waals surface area contributed by atoms with Crippen molar-refractivity contribution in [2.45, 2.75) is 19.4 Å². The van der Waals surface area contributed by atoms with Crippen molar-refractivity contribution in [2.24, 2.45) is 5.10 Å². The van der Waals surface area contributed by atoms with Crippen molar-refractivity contribution in [3.05, 3.63) is 63.6 Å². The Morgan fingerprint density at radius 1 is 1.26 bits per heavy atom. The number of benzene rings is 2. The van der Waals surface area contributed by atoms with Crippen LogP contribution in [0.5, 0.6) is 5.75 Å². The molecule has 118 valence electrons. The van der Waals surface area contributed by atoms with Crippen molar-refractivity contribution >= 4 is 34.8 Å². The van der Waals surface area contributed by atoms with E-state index in [2.05, 4.69) is 5.10 Å². The van der Waals surface area contributed by atoms with Crippen molar-refractivity contribution in [1.29, 1.82) is 0 Å². The number of halogens is 2. The summed E-state index contributed by atoms with van der Waals surface area (Å²) >= 11 is 12.2. The van der Waals surface area contributed by atoms with E-state index in [1.807, 2.05) is 6.07 Å². The molecule has 0 aromatic heterocycles. The molecule has 23 heavy (non-hydrogen) atoms. The van der Waals surface area contributed by atoms with Gasteiger partial charge in [-0.2, -0.15) is 5.10 Å². The molecule has 1 atom stereocenters. The third-order valence-corrected chi connectivity index (χ3v) is 4.33. The van der Waals surface area contributed by atoms with Gasteiger partial charge in [0.25, 0.3) is 0 Å². The smallest absolute Gasteiger partial charge is 0.240 e. The van der Waals surface area contributed by atoms with Gasteiger partial charge in [0, 0.05) is 29.0 Å². The molecule has 2 aromatic rings. The number of hydrogen-bond acceptors (Lipinski definition) is 3. The largest absolute Gasteiger partial charge is 0.507 e. The Morgan fingerprint density at radius 3 is 2.65 bits per heavy atom. The average molecular weight is 349 g/mol. The van der Waals surface area contributed by atoms with E-state index < -0.39 is 0 Å². The highest BCUT2D eigenvalue weighted by atomic mass is 35.5. The quantitative estimate of drug-likeness (QED) is 0.874. The van der Waals surface area contributed by atoms with E-state index in [-0.39, 0.29) is 17.7 Å². The van der Waals surface area contributed by atoms with Crippen LogP contribution in [-0.4, -0.2) is 21.7 Å². The summed E-state index contributed by atoms with van der Waals surface area (Å²) in [7, 11) is 0. The van der Waals surface area contributed by atoms with E-state index in [4.69, 9.17) is 23.2 Å². The maximum absolute atomic E-state index is 12.0. The van der Waals surface area contributed by atoms with Gasteiger partial charge in [0.2, 0.25) is 5.91 Å². The first kappa shape index (κ1) is 15.8. The number of hydrazone groups is 1. The molecule has 6 heteroatoms. The summed E-state index contributed by atoms with van der Waals surface area (Å²) in [5, 5.41) is 16.8. The molecule has 3 rings (SSSR count). The Hall–Kier alpha value is -2.04. The van der Waals surface area contributed by atoms with Crippen LogP contribution in [0.3, 0.4) is 0 Å². The van der Waals surface area contributed by atoms with Crippen LogP contribution in [0.4, 0.5) is 0 Å². The summed E-state index contributed by atoms with van der Waals surface area (Å²) in [6, 6.07) is 11.8. The van der Waals surface area contributed by atoms with E-state index >= 15 is 0 Å². The Kier molecular flexibility index (Phi) is 4.28. The molecule has 1 amide bonds. The molecule has 4 nitrogen and oxygen atoms in total. The molecule has 1 aliphatic heterocycles. The summed E-state index contributed by atoms with van der Waals surface area (Å²) in [6.45, 7) is 1.45. The molecule has 1 N–H and O–H groups in total. The average Bonchev–Trinajstić information content (AvgIpc) is 2.92. The number of carbonyl (C=O) groups is 1. The van der Waals surface area contributed by atoms with Crippen LogP contribution in [0, 0.1) is 0 Å². The Bertz CT molecular complexity index is 805. The summed E-state index contributed by atoms with van der Waals surface area (Å²) in [6.07, 6.45) is 0.471. The molecule has 1 aliphatic rings. The number of nitrogens with zero attached hydrogens (tertiary/aromatic N) is 2. The number of rotatable bonds is 2. The van der Waals surface area contributed by atoms with Gasteiger partial charge in [-0.15, -0.1) is 0 Å². The highest BCUT2D eigenvalue weighted by Gasteiger charge is 2.33. The summed E-state index contributed by atoms with van der Waals surface area (Å²) in [4.78, 5) is 12.0. The normalized spacial score (nSPS) is 17.3. The minimum absolute atomic E-state index is 0.137. The lowest BCUT2D eigenvalue weighted by atomic mass is 9.98. The van der Waals surface area contributed by atoms with Crippen LogP contribution in [-0.2, 0) is 4.79 Å². The van der Waals surface area contributed by atoms with Crippen LogP contribution in [0.15, 0.2) is 47.6 Å². The first-order valence-corrected chi connectivity index (χ1v) is 7.83. The van der Waals surface area contributed by atoms with E-state index in [0.29, 0.717) is 27.7 Å². The lowest BCUT2D eigenvalue weighted by molar-refractivity contribution is -0.130. The first-order chi connectivity index (χ1) is 11.0. The van der Waals surface area contributed by atoms with E-state index in [9.17, 15) is 9.90 Å². The van der Waals surface area contributed by atoms with Gasteiger partial charge in [-0.25, -0.2) is 5.01 Å². The zero-order chi connectivity index (χ0) is 16.6. The molecule has 0 fully saturated rings. The molecule has 2 aromatic carbocycles. The number of phenols is 1. The van der Waals surface area contributed by atoms with E-state index in [0.717, 1.165) is 5.56 Å². The van der Waals surface area contributed by atoms with Gasteiger partial charge in [0.05, 0.1) is 11.8 Å². The molecule has 1 heterocycles. The molecule has 1 unspecified atom stereocenters. The summed E-state index contributed by atoms with van der Waals surface area (Å²) < 4.78 is 0. The molecular formula is C17H14Cl2N2O2. The number of aromatic hydroxyl groups is 1. The zero-order valence-corrected chi connectivity index (χ0v) is 13.8. The van der Waals surface area contributed by atoms with Gasteiger partial charge in [-0.1, -0.05) is 41.4 Å². The second-order valence-electron chi connectivity index (χ2n) is 5.31. The predicted octanol–water partition coefficient (Wildman–Crippen LogP) is 4.40. The van der Waals surface area contributed by atoms with Gasteiger partial charge in [-0.3, -0.25) is 4.79 Å². The lowest BCUT2D eigenvalue weighted by Gasteiger charge is -2.21. The van der Waals surface area contributed by atoms with Crippen molar-refractivity contribution in [2.75, 3.05) is 0 Å². The van der Waals surface area contributed by atoms with Gasteiger partial charge in [0.15, 0.2) is 0 Å². The highest BCUT2D eigenvalue weighted by molar-refractivity contribution is 6.35. The standard InChI is InChI=1S/C17H14Cl2N2O2/c1-10(22)21-16(12-7-6-11(18)8-14(12)19)9-15(20-21)13-4-2-3-5-17(13)23/h2-8,16,23H,9H2,1H3. The molecule has 0 saturated heterocycles. The third kappa shape index (κ3) is 3.05. The number of para-hydroxylation sites is 1. The van der Waals surface area contributed by atoms with Gasteiger partial charge in [0.1, 0.15) is 5.75 Å². The van der Waals surface area contributed by atoms with E-state index in [1.165, 1.54) is 11.9 Å². The Balaban J connectivity index is 2.01. The Morgan fingerprint density at radius 2 is 2.00 bits per heavy atom. The fourth-order valence-corrected chi connectivity index (χ4v) is 3.23. The number of amides is 1. The monoisotopic (exact) mass is 348 g/mol. The van der Waals surface area contributed by atoms with E-state index in [1.54, 1.807) is 36.4 Å². The van der Waals surface area contributed by atoms with Crippen LogP contribution in [0.1, 0.15) is 30.5 Å². The van der Waals surface area contributed by atoms with Crippen molar-refractivity contribution in [1.82, 2.24) is 5.01 Å². The second kappa shape index (κ2) is 6.22. The van der Waals surface area contributed by atoms with Gasteiger partial charge < -0.3 is 5.11 Å². The molecule has 0 aliphatic carbocycles. The number of hydrogen-bond donors (Lipinski definition) is 1. The summed E-state index contributed by atoms with van der Waals surface area (Å²) in [5.74, 6) is -0.0518. The van der Waals surface area contributed by atoms with Crippen LogP contribution >= 0.6 is 23.2 Å². The predicted molar refractivity (Wildman–Crippen MR) is 91.0 cm³/mol. The molecule has 0 saturated carbocycles. The number of carbonyl (C=O) groups excluding carboxylic acids is 1. The van der Waals surface area contributed by atoms with Crippen LogP contribution in [0.2, 0.25) is 10.0 Å². The van der Waals surface area contributed by atoms with Crippen LogP contribution in [0.25, 0.3) is 0 Å². The van der Waals surface area contributed by atoms with Crippen molar-refractivity contribution < 1.29 is 9.90 Å². The third-order valence-electron chi connectivity index (χ3n) is 3.77. The SMILES string of the molecule is CC(=O)N1N=C(c2ccccc2O)CC1c1ccc(Cl)cc1Cl. The van der Waals surface area contributed by atoms with Crippen LogP contribution < -0.4 is 0 Å². The second-order valence-corrected chi connectivity index (χ2v) is 6.16. The first-order valence-electron chi connectivity index (χ1n) is 7.08. The minimum Gasteiger partial charge on any atom is -0.507 e. The molecule has 0 bridgehead atoms. The lowest BCUT2D eigenvalue weighted by Crippen LogP contribution is -2.24. The molecular weight excluding hydrogens is 335 g/mol. The maximum Gasteiger partial charge on any atom is 0.240 e. The summed E-state index contributed by atoms with van der Waals surface area (Å²) in [5.41, 5.74) is 2.04. The van der Waals surface area contributed by atoms with Gasteiger partial charge in [-0.05, 0) is 29.8 Å². The zero-order valence-electron chi connectivity index (χ0n) is 12.3. The minimum atomic E-state index is -0.313. The maximum atomic E-state index is 12.0.